The van der Waals surface area contributed by atoms with Crippen LogP contribution < -0.4 is 5.32 Å². The van der Waals surface area contributed by atoms with Crippen molar-refractivity contribution in [1.29, 1.82) is 0 Å². The van der Waals surface area contributed by atoms with Gasteiger partial charge in [0.2, 0.25) is 15.9 Å². The van der Waals surface area contributed by atoms with E-state index >= 15 is 0 Å². The summed E-state index contributed by atoms with van der Waals surface area (Å²) in [7, 11) is -3.54. The maximum absolute atomic E-state index is 12.8. The Morgan fingerprint density at radius 3 is 2.59 bits per heavy atom. The Morgan fingerprint density at radius 1 is 1.14 bits per heavy atom. The van der Waals surface area contributed by atoms with Gasteiger partial charge in [-0.15, -0.1) is 0 Å². The molecule has 1 saturated heterocycles. The Kier molecular flexibility index (Phi) is 7.75. The van der Waals surface area contributed by atoms with Crippen molar-refractivity contribution in [2.24, 2.45) is 5.92 Å². The van der Waals surface area contributed by atoms with Gasteiger partial charge in [0.25, 0.3) is 0 Å². The lowest BCUT2D eigenvalue weighted by Crippen LogP contribution is -2.45. The standard InChI is InChI=1S/C22H28N2O3S2/c1-18-9-11-19(12-10-18)17-28-15-13-23-22(25)20-6-5-14-24(16-20)29(26,27)21-7-3-2-4-8-21/h2-4,7-12,20H,5-6,13-17H2,1H3,(H,23,25)/t20-/m1/s1. The Hall–Kier alpha value is -1.83. The molecular formula is C22H28N2O3S2. The molecular weight excluding hydrogens is 404 g/mol. The first kappa shape index (κ1) is 21.9. The topological polar surface area (TPSA) is 66.5 Å². The number of hydrogen-bond donors (Lipinski definition) is 1. The maximum Gasteiger partial charge on any atom is 0.243 e. The first-order valence-corrected chi connectivity index (χ1v) is 12.5. The fourth-order valence-electron chi connectivity index (χ4n) is 3.38. The van der Waals surface area contributed by atoms with Crippen LogP contribution in [0.4, 0.5) is 0 Å². The summed E-state index contributed by atoms with van der Waals surface area (Å²) in [5, 5.41) is 2.98. The maximum atomic E-state index is 12.8. The van der Waals surface area contributed by atoms with Crippen LogP contribution in [0.3, 0.4) is 0 Å². The molecule has 0 aliphatic carbocycles. The second kappa shape index (κ2) is 10.3. The predicted octanol–water partition coefficient (Wildman–Crippen LogP) is 3.45. The van der Waals surface area contributed by atoms with Crippen LogP contribution in [0.5, 0.6) is 0 Å². The van der Waals surface area contributed by atoms with Gasteiger partial charge in [0, 0.05) is 31.1 Å². The highest BCUT2D eigenvalue weighted by Crippen LogP contribution is 2.23. The van der Waals surface area contributed by atoms with Crippen molar-refractivity contribution in [3.63, 3.8) is 0 Å². The van der Waals surface area contributed by atoms with E-state index in [1.54, 1.807) is 42.1 Å². The van der Waals surface area contributed by atoms with Crippen LogP contribution in [-0.4, -0.2) is 44.0 Å². The Morgan fingerprint density at radius 2 is 1.86 bits per heavy atom. The summed E-state index contributed by atoms with van der Waals surface area (Å²) >= 11 is 1.78. The molecule has 0 aromatic heterocycles. The van der Waals surface area contributed by atoms with E-state index in [1.165, 1.54) is 15.4 Å². The fraction of sp³-hybridized carbons (Fsp3) is 0.409. The fourth-order valence-corrected chi connectivity index (χ4v) is 5.75. The lowest BCUT2D eigenvalue weighted by atomic mass is 9.99. The molecule has 2 aromatic rings. The molecule has 1 atom stereocenters. The number of sulfonamides is 1. The molecule has 1 fully saturated rings. The quantitative estimate of drug-likeness (QED) is 0.649. The van der Waals surface area contributed by atoms with E-state index in [0.29, 0.717) is 19.5 Å². The highest BCUT2D eigenvalue weighted by atomic mass is 32.2. The molecule has 1 N–H and O–H groups in total. The van der Waals surface area contributed by atoms with Gasteiger partial charge in [0.05, 0.1) is 10.8 Å². The third-order valence-corrected chi connectivity index (χ3v) is 7.98. The van der Waals surface area contributed by atoms with E-state index in [-0.39, 0.29) is 23.3 Å². The number of hydrogen-bond acceptors (Lipinski definition) is 4. The van der Waals surface area contributed by atoms with E-state index in [4.69, 9.17) is 0 Å². The SMILES string of the molecule is Cc1ccc(CSCCNC(=O)[C@@H]2CCCN(S(=O)(=O)c3ccccc3)C2)cc1. The van der Waals surface area contributed by atoms with Gasteiger partial charge >= 0.3 is 0 Å². The van der Waals surface area contributed by atoms with E-state index in [9.17, 15) is 13.2 Å². The van der Waals surface area contributed by atoms with Crippen LogP contribution in [-0.2, 0) is 20.6 Å². The minimum absolute atomic E-state index is 0.0473. The first-order chi connectivity index (χ1) is 14.0. The lowest BCUT2D eigenvalue weighted by molar-refractivity contribution is -0.125. The monoisotopic (exact) mass is 432 g/mol. The number of amides is 1. The van der Waals surface area contributed by atoms with Crippen LogP contribution in [0, 0.1) is 12.8 Å². The van der Waals surface area contributed by atoms with E-state index in [2.05, 4.69) is 36.5 Å². The Balaban J connectivity index is 1.44. The third-order valence-electron chi connectivity index (χ3n) is 5.07. The van der Waals surface area contributed by atoms with Gasteiger partial charge in [-0.3, -0.25) is 4.79 Å². The summed E-state index contributed by atoms with van der Waals surface area (Å²) in [4.78, 5) is 12.8. The number of piperidine rings is 1. The minimum atomic E-state index is -3.54. The van der Waals surface area contributed by atoms with Gasteiger partial charge in [0.1, 0.15) is 0 Å². The Labute approximate surface area is 177 Å². The first-order valence-electron chi connectivity index (χ1n) is 9.93. The molecule has 1 heterocycles. The van der Waals surface area contributed by atoms with Crippen molar-refractivity contribution in [3.8, 4) is 0 Å². The molecule has 1 amide bonds. The number of nitrogens with zero attached hydrogens (tertiary/aromatic N) is 1. The molecule has 29 heavy (non-hydrogen) atoms. The van der Waals surface area contributed by atoms with Crippen LogP contribution >= 0.6 is 11.8 Å². The molecule has 2 aromatic carbocycles. The summed E-state index contributed by atoms with van der Waals surface area (Å²) in [6.45, 7) is 3.38. The van der Waals surface area contributed by atoms with Crippen molar-refractivity contribution >= 4 is 27.7 Å². The molecule has 0 unspecified atom stereocenters. The van der Waals surface area contributed by atoms with Crippen molar-refractivity contribution in [3.05, 3.63) is 65.7 Å². The summed E-state index contributed by atoms with van der Waals surface area (Å²) in [6, 6.07) is 16.9. The van der Waals surface area contributed by atoms with Gasteiger partial charge in [0.15, 0.2) is 0 Å². The smallest absolute Gasteiger partial charge is 0.243 e. The Bertz CT molecular complexity index is 899. The lowest BCUT2D eigenvalue weighted by Gasteiger charge is -2.31. The zero-order valence-corrected chi connectivity index (χ0v) is 18.3. The molecule has 0 saturated carbocycles. The van der Waals surface area contributed by atoms with Crippen molar-refractivity contribution in [1.82, 2.24) is 9.62 Å². The molecule has 3 rings (SSSR count). The van der Waals surface area contributed by atoms with Crippen molar-refractivity contribution in [2.75, 3.05) is 25.4 Å². The predicted molar refractivity (Wildman–Crippen MR) is 118 cm³/mol. The molecule has 156 valence electrons. The zero-order chi connectivity index (χ0) is 20.7. The molecule has 0 radical (unpaired) electrons. The number of rotatable bonds is 8. The van der Waals surface area contributed by atoms with E-state index in [0.717, 1.165) is 17.9 Å². The summed E-state index contributed by atoms with van der Waals surface area (Å²) < 4.78 is 27.0. The van der Waals surface area contributed by atoms with Gasteiger partial charge in [-0.05, 0) is 37.5 Å². The highest BCUT2D eigenvalue weighted by molar-refractivity contribution is 7.98. The van der Waals surface area contributed by atoms with Crippen LogP contribution in [0.2, 0.25) is 0 Å². The molecule has 0 bridgehead atoms. The van der Waals surface area contributed by atoms with Gasteiger partial charge in [-0.25, -0.2) is 8.42 Å². The van der Waals surface area contributed by atoms with Gasteiger partial charge < -0.3 is 5.32 Å². The second-order valence-electron chi connectivity index (χ2n) is 7.34. The molecule has 1 aliphatic heterocycles. The molecule has 1 aliphatic rings. The van der Waals surface area contributed by atoms with E-state index < -0.39 is 10.0 Å². The average Bonchev–Trinajstić information content (AvgIpc) is 2.75. The largest absolute Gasteiger partial charge is 0.355 e. The molecule has 7 heteroatoms. The number of carbonyl (C=O) groups excluding carboxylic acids is 1. The average molecular weight is 433 g/mol. The molecule has 0 spiro atoms. The van der Waals surface area contributed by atoms with Crippen LogP contribution in [0.25, 0.3) is 0 Å². The van der Waals surface area contributed by atoms with Gasteiger partial charge in [-0.1, -0.05) is 48.0 Å². The number of carbonyl (C=O) groups is 1. The minimum Gasteiger partial charge on any atom is -0.355 e. The summed E-state index contributed by atoms with van der Waals surface area (Å²) in [6.07, 6.45) is 1.43. The number of thioether (sulfide) groups is 1. The summed E-state index contributed by atoms with van der Waals surface area (Å²) in [5.41, 5.74) is 2.53. The number of aryl methyl sites for hydroxylation is 1. The third kappa shape index (κ3) is 6.07. The zero-order valence-electron chi connectivity index (χ0n) is 16.7. The molecule has 5 nitrogen and oxygen atoms in total. The highest BCUT2D eigenvalue weighted by Gasteiger charge is 2.33. The van der Waals surface area contributed by atoms with Crippen LogP contribution in [0.1, 0.15) is 24.0 Å². The van der Waals surface area contributed by atoms with Crippen LogP contribution in [0.15, 0.2) is 59.5 Å². The number of nitrogens with one attached hydrogen (secondary N) is 1. The summed E-state index contributed by atoms with van der Waals surface area (Å²) in [5.74, 6) is 1.42. The number of benzene rings is 2. The van der Waals surface area contributed by atoms with Crippen molar-refractivity contribution in [2.45, 2.75) is 30.4 Å². The van der Waals surface area contributed by atoms with E-state index in [1.807, 2.05) is 0 Å². The normalized spacial score (nSPS) is 17.8. The van der Waals surface area contributed by atoms with Crippen molar-refractivity contribution < 1.29 is 13.2 Å². The second-order valence-corrected chi connectivity index (χ2v) is 10.4. The van der Waals surface area contributed by atoms with Gasteiger partial charge in [-0.2, -0.15) is 16.1 Å².